The van der Waals surface area contributed by atoms with Crippen molar-refractivity contribution in [2.75, 3.05) is 25.7 Å². The zero-order valence-electron chi connectivity index (χ0n) is 13.0. The molecule has 1 saturated heterocycles. The fraction of sp³-hybridized carbons (Fsp3) is 0.588. The van der Waals surface area contributed by atoms with Crippen LogP contribution in [0.1, 0.15) is 29.9 Å². The summed E-state index contributed by atoms with van der Waals surface area (Å²) in [4.78, 5) is 0. The predicted octanol–water partition coefficient (Wildman–Crippen LogP) is 4.07. The van der Waals surface area contributed by atoms with Crippen LogP contribution in [0.25, 0.3) is 0 Å². The number of ether oxygens (including phenoxy) is 2. The van der Waals surface area contributed by atoms with Crippen molar-refractivity contribution in [3.63, 3.8) is 0 Å². The van der Waals surface area contributed by atoms with Gasteiger partial charge in [-0.15, -0.1) is 23.5 Å². The molecule has 22 heavy (non-hydrogen) atoms. The highest BCUT2D eigenvalue weighted by Gasteiger charge is 2.38. The van der Waals surface area contributed by atoms with E-state index in [1.807, 2.05) is 29.6 Å². The van der Waals surface area contributed by atoms with Crippen molar-refractivity contribution in [3.8, 4) is 17.6 Å². The maximum atomic E-state index is 9.79. The molecule has 0 unspecified atom stereocenters. The molecule has 1 aliphatic carbocycles. The number of rotatable bonds is 3. The molecule has 1 aliphatic heterocycles. The largest absolute Gasteiger partial charge is 0.493 e. The van der Waals surface area contributed by atoms with Gasteiger partial charge in [-0.2, -0.15) is 5.26 Å². The summed E-state index contributed by atoms with van der Waals surface area (Å²) in [6.07, 6.45) is 3.31. The van der Waals surface area contributed by atoms with Gasteiger partial charge in [0.25, 0.3) is 0 Å². The van der Waals surface area contributed by atoms with E-state index in [0.29, 0.717) is 10.5 Å². The third-order valence-electron chi connectivity index (χ3n) is 4.52. The molecule has 0 N–H and O–H groups in total. The average Bonchev–Trinajstić information content (AvgIpc) is 2.60. The van der Waals surface area contributed by atoms with Gasteiger partial charge in [0.1, 0.15) is 0 Å². The molecule has 0 radical (unpaired) electrons. The minimum absolute atomic E-state index is 0.0355. The molecule has 3 nitrogen and oxygen atoms in total. The van der Waals surface area contributed by atoms with E-state index in [2.05, 4.69) is 12.1 Å². The Labute approximate surface area is 140 Å². The molecular weight excluding hydrogens is 314 g/mol. The summed E-state index contributed by atoms with van der Waals surface area (Å²) in [5.74, 6) is 4.42. The number of fused-ring (bicyclic) bond motifs is 1. The molecule has 2 atom stereocenters. The lowest BCUT2D eigenvalue weighted by atomic mass is 9.76. The Kier molecular flexibility index (Phi) is 5.10. The summed E-state index contributed by atoms with van der Waals surface area (Å²) in [5, 5.41) is 9.79. The van der Waals surface area contributed by atoms with Gasteiger partial charge in [0, 0.05) is 11.5 Å². The molecule has 1 fully saturated rings. The Morgan fingerprint density at radius 1 is 1.18 bits per heavy atom. The van der Waals surface area contributed by atoms with E-state index < -0.39 is 0 Å². The highest BCUT2D eigenvalue weighted by atomic mass is 32.2. The Hall–Kier alpha value is -0.990. The van der Waals surface area contributed by atoms with Crippen molar-refractivity contribution < 1.29 is 9.47 Å². The number of nitrogens with zero attached hydrogens (tertiary/aromatic N) is 1. The number of hydrogen-bond acceptors (Lipinski definition) is 5. The standard InChI is InChI=1S/C17H21NO2S2/c1-19-15-7-6-11-12(16(15)20-2)4-5-13(14(11)10-18)17-21-8-3-9-22-17/h6-7,13-14,17H,3-5,8-9H2,1-2H3/t13-,14+/m1/s1. The van der Waals surface area contributed by atoms with Crippen molar-refractivity contribution in [1.29, 1.82) is 5.26 Å². The minimum Gasteiger partial charge on any atom is -0.493 e. The summed E-state index contributed by atoms with van der Waals surface area (Å²) in [6, 6.07) is 6.57. The van der Waals surface area contributed by atoms with E-state index in [4.69, 9.17) is 9.47 Å². The highest BCUT2D eigenvalue weighted by molar-refractivity contribution is 8.17. The molecule has 118 valence electrons. The smallest absolute Gasteiger partial charge is 0.164 e. The second-order valence-electron chi connectivity index (χ2n) is 5.64. The molecule has 0 aromatic heterocycles. The number of thioether (sulfide) groups is 2. The first-order chi connectivity index (χ1) is 10.8. The Morgan fingerprint density at radius 2 is 1.95 bits per heavy atom. The van der Waals surface area contributed by atoms with E-state index in [0.717, 1.165) is 35.5 Å². The number of methoxy groups -OCH3 is 2. The normalized spacial score (nSPS) is 25.1. The summed E-state index contributed by atoms with van der Waals surface area (Å²) >= 11 is 4.07. The van der Waals surface area contributed by atoms with E-state index in [9.17, 15) is 5.26 Å². The first-order valence-electron chi connectivity index (χ1n) is 7.66. The molecule has 0 spiro atoms. The predicted molar refractivity (Wildman–Crippen MR) is 93.0 cm³/mol. The van der Waals surface area contributed by atoms with Crippen LogP contribution in [0.3, 0.4) is 0 Å². The van der Waals surface area contributed by atoms with Gasteiger partial charge in [-0.25, -0.2) is 0 Å². The zero-order chi connectivity index (χ0) is 15.5. The van der Waals surface area contributed by atoms with Gasteiger partial charge < -0.3 is 9.47 Å². The van der Waals surface area contributed by atoms with Gasteiger partial charge in [0.15, 0.2) is 11.5 Å². The second-order valence-corrected chi connectivity index (χ2v) is 8.44. The van der Waals surface area contributed by atoms with Gasteiger partial charge in [-0.05, 0) is 42.4 Å². The lowest BCUT2D eigenvalue weighted by Crippen LogP contribution is -2.29. The van der Waals surface area contributed by atoms with E-state index in [1.165, 1.54) is 17.9 Å². The third kappa shape index (κ3) is 2.79. The maximum absolute atomic E-state index is 9.79. The third-order valence-corrected chi connectivity index (χ3v) is 7.74. The average molecular weight is 335 g/mol. The summed E-state index contributed by atoms with van der Waals surface area (Å²) in [5.41, 5.74) is 2.30. The van der Waals surface area contributed by atoms with E-state index in [1.54, 1.807) is 14.2 Å². The van der Waals surface area contributed by atoms with Gasteiger partial charge >= 0.3 is 0 Å². The molecule has 0 bridgehead atoms. The van der Waals surface area contributed by atoms with E-state index >= 15 is 0 Å². The lowest BCUT2D eigenvalue weighted by Gasteiger charge is -2.36. The van der Waals surface area contributed by atoms with Crippen LogP contribution in [0, 0.1) is 17.2 Å². The number of hydrogen-bond donors (Lipinski definition) is 0. The quantitative estimate of drug-likeness (QED) is 0.833. The Balaban J connectivity index is 1.96. The van der Waals surface area contributed by atoms with Gasteiger partial charge in [-0.1, -0.05) is 6.07 Å². The molecule has 0 saturated carbocycles. The van der Waals surface area contributed by atoms with Crippen molar-refractivity contribution in [2.24, 2.45) is 5.92 Å². The van der Waals surface area contributed by atoms with Crippen LogP contribution < -0.4 is 9.47 Å². The first-order valence-corrected chi connectivity index (χ1v) is 9.76. The van der Waals surface area contributed by atoms with Crippen LogP contribution in [0.15, 0.2) is 12.1 Å². The highest BCUT2D eigenvalue weighted by Crippen LogP contribution is 2.49. The van der Waals surface area contributed by atoms with Crippen LogP contribution in [0.4, 0.5) is 0 Å². The van der Waals surface area contributed by atoms with Crippen molar-refractivity contribution >= 4 is 23.5 Å². The summed E-state index contributed by atoms with van der Waals surface area (Å²) < 4.78 is 11.5. The molecule has 1 aromatic rings. The molecular formula is C17H21NO2S2. The first kappa shape index (κ1) is 15.9. The molecule has 1 aromatic carbocycles. The molecule has 0 amide bonds. The van der Waals surface area contributed by atoms with Crippen LogP contribution >= 0.6 is 23.5 Å². The maximum Gasteiger partial charge on any atom is 0.164 e. The van der Waals surface area contributed by atoms with Crippen molar-refractivity contribution in [2.45, 2.75) is 29.8 Å². The second kappa shape index (κ2) is 7.06. The fourth-order valence-electron chi connectivity index (χ4n) is 3.48. The lowest BCUT2D eigenvalue weighted by molar-refractivity contribution is 0.344. The Morgan fingerprint density at radius 3 is 2.59 bits per heavy atom. The topological polar surface area (TPSA) is 42.2 Å². The monoisotopic (exact) mass is 335 g/mol. The van der Waals surface area contributed by atoms with Gasteiger partial charge in [0.2, 0.25) is 0 Å². The van der Waals surface area contributed by atoms with Crippen LogP contribution in [0.5, 0.6) is 11.5 Å². The van der Waals surface area contributed by atoms with Crippen LogP contribution in [-0.4, -0.2) is 30.3 Å². The van der Waals surface area contributed by atoms with Crippen LogP contribution in [0.2, 0.25) is 0 Å². The van der Waals surface area contributed by atoms with Crippen molar-refractivity contribution in [3.05, 3.63) is 23.3 Å². The fourth-order valence-corrected chi connectivity index (χ4v) is 6.79. The van der Waals surface area contributed by atoms with Crippen molar-refractivity contribution in [1.82, 2.24) is 0 Å². The molecule has 3 rings (SSSR count). The zero-order valence-corrected chi connectivity index (χ0v) is 14.6. The van der Waals surface area contributed by atoms with Crippen LogP contribution in [-0.2, 0) is 6.42 Å². The summed E-state index contributed by atoms with van der Waals surface area (Å²) in [6.45, 7) is 0. The van der Waals surface area contributed by atoms with E-state index in [-0.39, 0.29) is 5.92 Å². The number of nitriles is 1. The minimum atomic E-state index is -0.0355. The SMILES string of the molecule is COc1ccc2c(c1OC)CC[C@@H](C1SCCCS1)[C@H]2C#N. The number of benzene rings is 1. The summed E-state index contributed by atoms with van der Waals surface area (Å²) in [7, 11) is 3.34. The van der Waals surface area contributed by atoms with Gasteiger partial charge in [0.05, 0.1) is 30.8 Å². The molecule has 5 heteroatoms. The molecule has 1 heterocycles. The molecule has 2 aliphatic rings. The van der Waals surface area contributed by atoms with Gasteiger partial charge in [-0.3, -0.25) is 0 Å². The Bertz CT molecular complexity index is 579.